The molecule has 2 aliphatic heterocycles. The molecule has 0 radical (unpaired) electrons. The van der Waals surface area contributed by atoms with Gasteiger partial charge in [0.1, 0.15) is 23.0 Å². The van der Waals surface area contributed by atoms with Crippen molar-refractivity contribution in [2.75, 3.05) is 57.2 Å². The predicted molar refractivity (Wildman–Crippen MR) is 187 cm³/mol. The van der Waals surface area contributed by atoms with Crippen molar-refractivity contribution in [3.8, 4) is 17.4 Å². The van der Waals surface area contributed by atoms with Crippen molar-refractivity contribution in [2.24, 2.45) is 11.8 Å². The van der Waals surface area contributed by atoms with E-state index in [-0.39, 0.29) is 17.0 Å². The first-order valence-electron chi connectivity index (χ1n) is 16.2. The highest BCUT2D eigenvalue weighted by atomic mass is 35.5. The van der Waals surface area contributed by atoms with Gasteiger partial charge in [-0.1, -0.05) is 42.5 Å². The Labute approximate surface area is 288 Å². The molecule has 7 rings (SSSR count). The Morgan fingerprint density at radius 3 is 2.50 bits per heavy atom. The van der Waals surface area contributed by atoms with Crippen LogP contribution in [0.25, 0.3) is 16.6 Å². The number of carbonyl (C=O) groups is 1. The fraction of sp³-hybridized carbons (Fsp3) is 0.429. The molecule has 11 nitrogen and oxygen atoms in total. The topological polar surface area (TPSA) is 113 Å². The smallest absolute Gasteiger partial charge is 0.341 e. The van der Waals surface area contributed by atoms with Crippen molar-refractivity contribution in [3.05, 3.63) is 74.6 Å². The van der Waals surface area contributed by atoms with E-state index in [0.29, 0.717) is 57.5 Å². The predicted octanol–water partition coefficient (Wildman–Crippen LogP) is 5.62. The Morgan fingerprint density at radius 2 is 1.85 bits per heavy atom. The second-order valence-corrected chi connectivity index (χ2v) is 14.0. The lowest BCUT2D eigenvalue weighted by molar-refractivity contribution is 0.0695. The standard InChI is InChI=1S/C35H38Cl2N6O5/c1-40(2)24-16-41(17-24)31-9-7-22(14-38-31)43-18-26(35(45)46)33(44)25-12-28(37)30(13-29(25)43)42-15-21(20-5-4-6-20)11-23(42)19-48-34-27(36)8-10-32(39-34)47-3/h7-10,12-14,18,20-21,23-24H,4-6,11,15-17,19H2,1-3H3,(H,45,46)/t21-,23+/m0/s1. The summed E-state index contributed by atoms with van der Waals surface area (Å²) < 4.78 is 13.2. The van der Waals surface area contributed by atoms with E-state index in [9.17, 15) is 14.7 Å². The molecule has 5 heterocycles. The number of aromatic nitrogens is 3. The number of benzene rings is 1. The molecule has 0 spiro atoms. The largest absolute Gasteiger partial charge is 0.481 e. The van der Waals surface area contributed by atoms with Crippen molar-refractivity contribution in [3.63, 3.8) is 0 Å². The van der Waals surface area contributed by atoms with E-state index in [0.717, 1.165) is 37.6 Å². The van der Waals surface area contributed by atoms with E-state index in [1.807, 2.05) is 18.2 Å². The number of carboxylic acid groups (broad SMARTS) is 1. The van der Waals surface area contributed by atoms with Crippen molar-refractivity contribution in [1.29, 1.82) is 0 Å². The van der Waals surface area contributed by atoms with Crippen LogP contribution in [0.3, 0.4) is 0 Å². The van der Waals surface area contributed by atoms with Crippen LogP contribution < -0.4 is 24.7 Å². The van der Waals surface area contributed by atoms with Gasteiger partial charge < -0.3 is 33.8 Å². The minimum absolute atomic E-state index is 0.0449. The van der Waals surface area contributed by atoms with Crippen molar-refractivity contribution >= 4 is 51.6 Å². The highest BCUT2D eigenvalue weighted by molar-refractivity contribution is 6.34. The number of pyridine rings is 3. The summed E-state index contributed by atoms with van der Waals surface area (Å²) in [5, 5.41) is 10.9. The van der Waals surface area contributed by atoms with Crippen LogP contribution in [0.4, 0.5) is 11.5 Å². The molecule has 48 heavy (non-hydrogen) atoms. The minimum atomic E-state index is -1.30. The zero-order valence-electron chi connectivity index (χ0n) is 27.1. The molecule has 2 saturated heterocycles. The molecular formula is C35H38Cl2N6O5. The first-order valence-corrected chi connectivity index (χ1v) is 17.0. The summed E-state index contributed by atoms with van der Waals surface area (Å²) in [5.41, 5.74) is 0.999. The first kappa shape index (κ1) is 32.5. The fourth-order valence-electron chi connectivity index (χ4n) is 7.05. The third-order valence-electron chi connectivity index (χ3n) is 10.2. The number of methoxy groups -OCH3 is 1. The van der Waals surface area contributed by atoms with Gasteiger partial charge in [-0.3, -0.25) is 4.79 Å². The lowest BCUT2D eigenvalue weighted by atomic mass is 9.75. The number of aromatic carboxylic acids is 1. The van der Waals surface area contributed by atoms with Gasteiger partial charge in [0.25, 0.3) is 0 Å². The lowest BCUT2D eigenvalue weighted by Crippen LogP contribution is -2.57. The molecule has 1 saturated carbocycles. The van der Waals surface area contributed by atoms with Gasteiger partial charge in [0.15, 0.2) is 0 Å². The molecule has 3 aromatic heterocycles. The van der Waals surface area contributed by atoms with Crippen LogP contribution in [-0.4, -0.2) is 90.0 Å². The second kappa shape index (κ2) is 13.1. The summed E-state index contributed by atoms with van der Waals surface area (Å²) in [6.45, 7) is 2.86. The zero-order valence-corrected chi connectivity index (χ0v) is 28.6. The lowest BCUT2D eigenvalue weighted by Gasteiger charge is -2.43. The van der Waals surface area contributed by atoms with Gasteiger partial charge in [-0.15, -0.1) is 0 Å². The van der Waals surface area contributed by atoms with Gasteiger partial charge in [-0.2, -0.15) is 4.98 Å². The highest BCUT2D eigenvalue weighted by Gasteiger charge is 2.40. The van der Waals surface area contributed by atoms with E-state index in [4.69, 9.17) is 37.7 Å². The summed E-state index contributed by atoms with van der Waals surface area (Å²) in [4.78, 5) is 41.4. The summed E-state index contributed by atoms with van der Waals surface area (Å²) in [6, 6.07) is 11.1. The molecule has 1 aliphatic carbocycles. The number of carboxylic acids is 1. The maximum atomic E-state index is 13.5. The quantitative estimate of drug-likeness (QED) is 0.225. The van der Waals surface area contributed by atoms with Gasteiger partial charge in [0, 0.05) is 43.3 Å². The number of ether oxygens (including phenoxy) is 2. The summed E-state index contributed by atoms with van der Waals surface area (Å²) >= 11 is 13.4. The van der Waals surface area contributed by atoms with E-state index >= 15 is 0 Å². The molecule has 0 unspecified atom stereocenters. The first-order chi connectivity index (χ1) is 23.1. The maximum Gasteiger partial charge on any atom is 0.341 e. The van der Waals surface area contributed by atoms with Gasteiger partial charge in [0.2, 0.25) is 17.2 Å². The normalized spacial score (nSPS) is 19.9. The maximum absolute atomic E-state index is 13.5. The fourth-order valence-corrected chi connectivity index (χ4v) is 7.48. The Kier molecular flexibility index (Phi) is 8.86. The molecule has 2 atom stereocenters. The third-order valence-corrected chi connectivity index (χ3v) is 10.8. The summed E-state index contributed by atoms with van der Waals surface area (Å²) in [6.07, 6.45) is 7.64. The summed E-state index contributed by atoms with van der Waals surface area (Å²) in [7, 11) is 5.68. The Morgan fingerprint density at radius 1 is 1.06 bits per heavy atom. The number of rotatable bonds is 10. The van der Waals surface area contributed by atoms with E-state index in [1.165, 1.54) is 25.5 Å². The number of hydrogen-bond acceptors (Lipinski definition) is 9. The van der Waals surface area contributed by atoms with Gasteiger partial charge in [0.05, 0.1) is 41.3 Å². The van der Waals surface area contributed by atoms with Crippen molar-refractivity contribution in [2.45, 2.75) is 37.8 Å². The van der Waals surface area contributed by atoms with Crippen LogP contribution in [0, 0.1) is 11.8 Å². The second-order valence-electron chi connectivity index (χ2n) is 13.2. The molecule has 3 aliphatic rings. The monoisotopic (exact) mass is 692 g/mol. The number of anilines is 2. The van der Waals surface area contributed by atoms with Gasteiger partial charge in [-0.05, 0) is 62.7 Å². The number of hydrogen-bond donors (Lipinski definition) is 1. The molecular weight excluding hydrogens is 655 g/mol. The third kappa shape index (κ3) is 6.03. The molecule has 13 heteroatoms. The van der Waals surface area contributed by atoms with Gasteiger partial charge in [-0.25, -0.2) is 9.78 Å². The molecule has 4 aromatic rings. The van der Waals surface area contributed by atoms with E-state index in [1.54, 1.807) is 36.1 Å². The molecule has 3 fully saturated rings. The SMILES string of the molecule is COc1ccc(Cl)c(OC[C@H]2C[C@H](C3CCC3)CN2c2cc3c(cc2Cl)c(=O)c(C(=O)O)cn3-c2ccc(N3CC(N(C)C)C3)nc2)n1. The van der Waals surface area contributed by atoms with Crippen LogP contribution in [-0.2, 0) is 0 Å². The average molecular weight is 694 g/mol. The molecule has 1 N–H and O–H groups in total. The molecule has 1 aromatic carbocycles. The van der Waals surface area contributed by atoms with Crippen LogP contribution in [0.15, 0.2) is 53.6 Å². The van der Waals surface area contributed by atoms with E-state index in [2.05, 4.69) is 33.8 Å². The summed E-state index contributed by atoms with van der Waals surface area (Å²) in [5.74, 6) is 1.34. The van der Waals surface area contributed by atoms with Crippen LogP contribution in [0.5, 0.6) is 11.8 Å². The molecule has 252 valence electrons. The highest BCUT2D eigenvalue weighted by Crippen LogP contribution is 2.44. The Bertz CT molecular complexity index is 1910. The number of fused-ring (bicyclic) bond motifs is 1. The van der Waals surface area contributed by atoms with E-state index < -0.39 is 11.4 Å². The van der Waals surface area contributed by atoms with Crippen molar-refractivity contribution < 1.29 is 19.4 Å². The van der Waals surface area contributed by atoms with Gasteiger partial charge >= 0.3 is 5.97 Å². The van der Waals surface area contributed by atoms with Crippen LogP contribution in [0.1, 0.15) is 36.0 Å². The molecule has 0 amide bonds. The number of nitrogens with zero attached hydrogens (tertiary/aromatic N) is 6. The van der Waals surface area contributed by atoms with Crippen LogP contribution >= 0.6 is 23.2 Å². The number of likely N-dealkylation sites (N-methyl/N-ethyl adjacent to an activating group) is 1. The average Bonchev–Trinajstić information content (AvgIpc) is 3.42. The Balaban J connectivity index is 1.26. The molecule has 0 bridgehead atoms. The number of halogens is 2. The van der Waals surface area contributed by atoms with Crippen LogP contribution in [0.2, 0.25) is 10.0 Å². The van der Waals surface area contributed by atoms with Crippen molar-refractivity contribution in [1.82, 2.24) is 19.4 Å². The Hall–Kier alpha value is -4.06. The zero-order chi connectivity index (χ0) is 33.7. The minimum Gasteiger partial charge on any atom is -0.481 e.